The van der Waals surface area contributed by atoms with Crippen molar-refractivity contribution in [1.29, 1.82) is 0 Å². The fraction of sp³-hybridized carbons (Fsp3) is 0.304. The fourth-order valence-electron chi connectivity index (χ4n) is 3.25. The summed E-state index contributed by atoms with van der Waals surface area (Å²) in [4.78, 5) is 26.3. The zero-order chi connectivity index (χ0) is 20.6. The third kappa shape index (κ3) is 5.38. The largest absolute Gasteiger partial charge is 0.497 e. The van der Waals surface area contributed by atoms with Crippen LogP contribution in [0.5, 0.6) is 11.5 Å². The molecule has 2 aromatic rings. The molecule has 0 saturated carbocycles. The van der Waals surface area contributed by atoms with Crippen molar-refractivity contribution in [2.24, 2.45) is 0 Å². The molecule has 6 heteroatoms. The molecule has 0 saturated heterocycles. The Kier molecular flexibility index (Phi) is 6.89. The Balaban J connectivity index is 1.50. The fourth-order valence-corrected chi connectivity index (χ4v) is 3.25. The van der Waals surface area contributed by atoms with Crippen LogP contribution in [0.2, 0.25) is 0 Å². The van der Waals surface area contributed by atoms with Crippen molar-refractivity contribution in [3.63, 3.8) is 0 Å². The van der Waals surface area contributed by atoms with E-state index in [4.69, 9.17) is 14.2 Å². The number of rotatable bonds is 7. The number of ether oxygens (including phenoxy) is 3. The van der Waals surface area contributed by atoms with Gasteiger partial charge in [0.25, 0.3) is 5.91 Å². The molecule has 0 N–H and O–H groups in total. The van der Waals surface area contributed by atoms with Crippen molar-refractivity contribution in [2.75, 3.05) is 33.9 Å². The Morgan fingerprint density at radius 3 is 2.48 bits per heavy atom. The molecule has 0 bridgehead atoms. The van der Waals surface area contributed by atoms with Crippen LogP contribution in [-0.4, -0.2) is 50.7 Å². The smallest absolute Gasteiger partial charge is 0.310 e. The van der Waals surface area contributed by atoms with E-state index in [-0.39, 0.29) is 18.9 Å². The standard InChI is InChI=1S/C23H25NO5/c1-27-20-9-8-19(21(15-20)28-2)14-23(26)29-16-22(25)24-12-10-18(11-13-24)17-6-4-3-5-7-17/h3-10,15H,11-14,16H2,1-2H3. The highest BCUT2D eigenvalue weighted by Gasteiger charge is 2.20. The van der Waals surface area contributed by atoms with Crippen LogP contribution < -0.4 is 9.47 Å². The van der Waals surface area contributed by atoms with Crippen molar-refractivity contribution >= 4 is 17.4 Å². The summed E-state index contributed by atoms with van der Waals surface area (Å²) in [6.07, 6.45) is 2.87. The summed E-state index contributed by atoms with van der Waals surface area (Å²) in [6, 6.07) is 15.3. The van der Waals surface area contributed by atoms with E-state index >= 15 is 0 Å². The highest BCUT2D eigenvalue weighted by molar-refractivity contribution is 5.82. The van der Waals surface area contributed by atoms with Crippen LogP contribution in [0.4, 0.5) is 0 Å². The van der Waals surface area contributed by atoms with Gasteiger partial charge in [0.15, 0.2) is 6.61 Å². The predicted octanol–water partition coefficient (Wildman–Crippen LogP) is 3.11. The lowest BCUT2D eigenvalue weighted by atomic mass is 10.00. The minimum Gasteiger partial charge on any atom is -0.497 e. The van der Waals surface area contributed by atoms with E-state index in [0.29, 0.717) is 30.2 Å². The number of benzene rings is 2. The van der Waals surface area contributed by atoms with Crippen molar-refractivity contribution in [2.45, 2.75) is 12.8 Å². The maximum atomic E-state index is 12.4. The number of amides is 1. The topological polar surface area (TPSA) is 65.1 Å². The Bertz CT molecular complexity index is 891. The first-order valence-electron chi connectivity index (χ1n) is 9.49. The van der Waals surface area contributed by atoms with Crippen LogP contribution in [0.25, 0.3) is 5.57 Å². The van der Waals surface area contributed by atoms with Gasteiger partial charge in [-0.05, 0) is 23.6 Å². The molecule has 152 valence electrons. The Morgan fingerprint density at radius 2 is 1.83 bits per heavy atom. The van der Waals surface area contributed by atoms with Gasteiger partial charge in [0.1, 0.15) is 11.5 Å². The van der Waals surface area contributed by atoms with Crippen molar-refractivity contribution in [3.05, 3.63) is 65.7 Å². The summed E-state index contributed by atoms with van der Waals surface area (Å²) in [5.74, 6) is 0.521. The van der Waals surface area contributed by atoms with E-state index in [0.717, 1.165) is 6.42 Å². The molecule has 3 rings (SSSR count). The van der Waals surface area contributed by atoms with Gasteiger partial charge in [-0.2, -0.15) is 0 Å². The molecule has 0 radical (unpaired) electrons. The predicted molar refractivity (Wildman–Crippen MR) is 110 cm³/mol. The molecule has 0 spiro atoms. The van der Waals surface area contributed by atoms with Gasteiger partial charge in [-0.25, -0.2) is 0 Å². The van der Waals surface area contributed by atoms with Crippen LogP contribution in [-0.2, 0) is 20.7 Å². The second-order valence-corrected chi connectivity index (χ2v) is 6.70. The number of esters is 1. The molecule has 1 aliphatic rings. The number of carbonyl (C=O) groups is 2. The number of hydrogen-bond donors (Lipinski definition) is 0. The van der Waals surface area contributed by atoms with Crippen molar-refractivity contribution in [3.8, 4) is 11.5 Å². The average molecular weight is 395 g/mol. The maximum absolute atomic E-state index is 12.4. The summed E-state index contributed by atoms with van der Waals surface area (Å²) >= 11 is 0. The molecule has 1 amide bonds. The minimum atomic E-state index is -0.473. The van der Waals surface area contributed by atoms with Crippen LogP contribution in [0.1, 0.15) is 17.5 Å². The molecule has 6 nitrogen and oxygen atoms in total. The van der Waals surface area contributed by atoms with E-state index in [1.807, 2.05) is 18.2 Å². The maximum Gasteiger partial charge on any atom is 0.310 e. The first-order chi connectivity index (χ1) is 14.1. The van der Waals surface area contributed by atoms with E-state index < -0.39 is 5.97 Å². The summed E-state index contributed by atoms with van der Waals surface area (Å²) in [5.41, 5.74) is 3.09. The van der Waals surface area contributed by atoms with Crippen molar-refractivity contribution < 1.29 is 23.8 Å². The SMILES string of the molecule is COc1ccc(CC(=O)OCC(=O)N2CC=C(c3ccccc3)CC2)c(OC)c1. The summed E-state index contributed by atoms with van der Waals surface area (Å²) in [6.45, 7) is 0.877. The number of nitrogens with zero attached hydrogens (tertiary/aromatic N) is 1. The van der Waals surface area contributed by atoms with Gasteiger partial charge in [0.2, 0.25) is 0 Å². The molecule has 0 aliphatic carbocycles. The third-order valence-electron chi connectivity index (χ3n) is 4.89. The molecular weight excluding hydrogens is 370 g/mol. The Hall–Kier alpha value is -3.28. The lowest BCUT2D eigenvalue weighted by molar-refractivity contribution is -0.151. The number of carbonyl (C=O) groups excluding carboxylic acids is 2. The molecule has 0 unspecified atom stereocenters. The zero-order valence-corrected chi connectivity index (χ0v) is 16.7. The van der Waals surface area contributed by atoms with Crippen LogP contribution >= 0.6 is 0 Å². The van der Waals surface area contributed by atoms with Gasteiger partial charge in [-0.1, -0.05) is 42.5 Å². The van der Waals surface area contributed by atoms with Gasteiger partial charge >= 0.3 is 5.97 Å². The van der Waals surface area contributed by atoms with Gasteiger partial charge in [-0.3, -0.25) is 9.59 Å². The quantitative estimate of drug-likeness (QED) is 0.674. The van der Waals surface area contributed by atoms with Gasteiger partial charge in [0, 0.05) is 24.7 Å². The monoisotopic (exact) mass is 395 g/mol. The lowest BCUT2D eigenvalue weighted by Gasteiger charge is -2.26. The Labute approximate surface area is 170 Å². The Morgan fingerprint density at radius 1 is 1.03 bits per heavy atom. The molecule has 0 aromatic heterocycles. The minimum absolute atomic E-state index is 0.0263. The van der Waals surface area contributed by atoms with Gasteiger partial charge in [0.05, 0.1) is 20.6 Å². The lowest BCUT2D eigenvalue weighted by Crippen LogP contribution is -2.37. The molecule has 2 aromatic carbocycles. The number of methoxy groups -OCH3 is 2. The van der Waals surface area contributed by atoms with E-state index in [1.54, 1.807) is 30.2 Å². The summed E-state index contributed by atoms with van der Waals surface area (Å²) in [7, 11) is 3.09. The summed E-state index contributed by atoms with van der Waals surface area (Å²) < 4.78 is 15.6. The molecular formula is C23H25NO5. The summed E-state index contributed by atoms with van der Waals surface area (Å²) in [5, 5.41) is 0. The van der Waals surface area contributed by atoms with Crippen molar-refractivity contribution in [1.82, 2.24) is 4.90 Å². The number of hydrogen-bond acceptors (Lipinski definition) is 5. The highest BCUT2D eigenvalue weighted by Crippen LogP contribution is 2.25. The van der Waals surface area contributed by atoms with Gasteiger partial charge in [-0.15, -0.1) is 0 Å². The van der Waals surface area contributed by atoms with Gasteiger partial charge < -0.3 is 19.1 Å². The zero-order valence-electron chi connectivity index (χ0n) is 16.7. The third-order valence-corrected chi connectivity index (χ3v) is 4.89. The highest BCUT2D eigenvalue weighted by atomic mass is 16.5. The van der Waals surface area contributed by atoms with E-state index in [9.17, 15) is 9.59 Å². The van der Waals surface area contributed by atoms with Crippen LogP contribution in [0, 0.1) is 0 Å². The molecule has 0 atom stereocenters. The first-order valence-corrected chi connectivity index (χ1v) is 9.49. The molecule has 0 fully saturated rings. The molecule has 29 heavy (non-hydrogen) atoms. The van der Waals surface area contributed by atoms with E-state index in [1.165, 1.54) is 18.2 Å². The second-order valence-electron chi connectivity index (χ2n) is 6.70. The normalized spacial score (nSPS) is 13.4. The molecule has 1 heterocycles. The second kappa shape index (κ2) is 9.78. The van der Waals surface area contributed by atoms with E-state index in [2.05, 4.69) is 18.2 Å². The average Bonchev–Trinajstić information content (AvgIpc) is 2.78. The molecule has 1 aliphatic heterocycles. The first kappa shape index (κ1) is 20.5. The van der Waals surface area contributed by atoms with Crippen LogP contribution in [0.3, 0.4) is 0 Å². The van der Waals surface area contributed by atoms with Crippen LogP contribution in [0.15, 0.2) is 54.6 Å².